The summed E-state index contributed by atoms with van der Waals surface area (Å²) in [4.78, 5) is 24.5. The van der Waals surface area contributed by atoms with Crippen LogP contribution in [0.4, 0.5) is 0 Å². The van der Waals surface area contributed by atoms with Gasteiger partial charge in [-0.2, -0.15) is 5.10 Å². The number of nitrogens with zero attached hydrogens (tertiary/aromatic N) is 3. The highest BCUT2D eigenvalue weighted by Crippen LogP contribution is 2.13. The zero-order valence-electron chi connectivity index (χ0n) is 14.2. The van der Waals surface area contributed by atoms with Gasteiger partial charge in [0, 0.05) is 38.0 Å². The van der Waals surface area contributed by atoms with Crippen molar-refractivity contribution < 1.29 is 9.53 Å². The number of carbonyl (C=O) groups excluding carboxylic acids is 1. The summed E-state index contributed by atoms with van der Waals surface area (Å²) in [5, 5.41) is 7.69. The van der Waals surface area contributed by atoms with Crippen LogP contribution in [0.3, 0.4) is 0 Å². The van der Waals surface area contributed by atoms with Crippen molar-refractivity contribution >= 4 is 16.8 Å². The summed E-state index contributed by atoms with van der Waals surface area (Å²) >= 11 is 0. The number of aromatic nitrogens is 3. The van der Waals surface area contributed by atoms with Crippen molar-refractivity contribution in [3.8, 4) is 0 Å². The lowest BCUT2D eigenvalue weighted by atomic mass is 10.2. The highest BCUT2D eigenvalue weighted by atomic mass is 16.5. The first-order valence-electron chi connectivity index (χ1n) is 7.94. The van der Waals surface area contributed by atoms with Crippen molar-refractivity contribution in [3.63, 3.8) is 0 Å². The van der Waals surface area contributed by atoms with Gasteiger partial charge < -0.3 is 14.6 Å². The second-order valence-corrected chi connectivity index (χ2v) is 5.78. The molecule has 1 atom stereocenters. The van der Waals surface area contributed by atoms with E-state index in [2.05, 4.69) is 10.4 Å². The van der Waals surface area contributed by atoms with E-state index in [1.807, 2.05) is 31.3 Å². The van der Waals surface area contributed by atoms with E-state index in [1.54, 1.807) is 34.8 Å². The molecule has 0 aliphatic heterocycles. The summed E-state index contributed by atoms with van der Waals surface area (Å²) in [5.41, 5.74) is 1.54. The molecule has 1 N–H and O–H groups in total. The zero-order chi connectivity index (χ0) is 17.8. The minimum Gasteiger partial charge on any atom is -0.382 e. The number of methoxy groups -OCH3 is 1. The number of amides is 1. The molecule has 0 bridgehead atoms. The van der Waals surface area contributed by atoms with Gasteiger partial charge in [-0.15, -0.1) is 0 Å². The first kappa shape index (κ1) is 16.9. The van der Waals surface area contributed by atoms with Gasteiger partial charge in [-0.3, -0.25) is 14.3 Å². The number of benzene rings is 1. The van der Waals surface area contributed by atoms with E-state index in [0.717, 1.165) is 11.2 Å². The van der Waals surface area contributed by atoms with Crippen LogP contribution in [0.5, 0.6) is 0 Å². The van der Waals surface area contributed by atoms with Crippen LogP contribution in [0, 0.1) is 0 Å². The minimum atomic E-state index is -0.296. The highest BCUT2D eigenvalue weighted by molar-refractivity contribution is 5.82. The Morgan fingerprint density at radius 1 is 1.28 bits per heavy atom. The van der Waals surface area contributed by atoms with Crippen LogP contribution in [-0.4, -0.2) is 34.0 Å². The fourth-order valence-corrected chi connectivity index (χ4v) is 2.89. The molecule has 130 valence electrons. The second kappa shape index (κ2) is 7.31. The number of carbonyl (C=O) groups is 1. The van der Waals surface area contributed by atoms with Gasteiger partial charge >= 0.3 is 0 Å². The summed E-state index contributed by atoms with van der Waals surface area (Å²) in [6, 6.07) is 10.3. The molecule has 0 radical (unpaired) electrons. The normalized spacial score (nSPS) is 12.2. The molecule has 0 aliphatic rings. The summed E-state index contributed by atoms with van der Waals surface area (Å²) in [6.07, 6.45) is 3.32. The first-order valence-corrected chi connectivity index (χ1v) is 7.94. The maximum absolute atomic E-state index is 12.5. The van der Waals surface area contributed by atoms with Crippen LogP contribution in [0.1, 0.15) is 11.7 Å². The third-order valence-electron chi connectivity index (χ3n) is 4.08. The highest BCUT2D eigenvalue weighted by Gasteiger charge is 2.18. The molecule has 0 saturated heterocycles. The van der Waals surface area contributed by atoms with Crippen molar-refractivity contribution in [1.82, 2.24) is 19.7 Å². The maximum Gasteiger partial charge on any atom is 0.240 e. The van der Waals surface area contributed by atoms with Crippen LogP contribution in [0.15, 0.2) is 53.6 Å². The Hall–Kier alpha value is -2.93. The van der Waals surface area contributed by atoms with E-state index in [1.165, 1.54) is 6.07 Å². The number of fused-ring (bicyclic) bond motifs is 1. The summed E-state index contributed by atoms with van der Waals surface area (Å²) in [7, 11) is 3.41. The zero-order valence-corrected chi connectivity index (χ0v) is 14.2. The molecule has 1 aromatic carbocycles. The predicted molar refractivity (Wildman–Crippen MR) is 94.2 cm³/mol. The lowest BCUT2D eigenvalue weighted by molar-refractivity contribution is -0.122. The van der Waals surface area contributed by atoms with E-state index in [9.17, 15) is 9.59 Å². The molecule has 2 heterocycles. The molecule has 3 aromatic rings. The number of ether oxygens (including phenoxy) is 1. The van der Waals surface area contributed by atoms with Crippen LogP contribution in [0.2, 0.25) is 0 Å². The Balaban J connectivity index is 1.81. The van der Waals surface area contributed by atoms with Gasteiger partial charge in [0.15, 0.2) is 5.43 Å². The fraction of sp³-hybridized carbons (Fsp3) is 0.278. The number of para-hydroxylation sites is 1. The molecule has 0 spiro atoms. The Morgan fingerprint density at radius 3 is 2.80 bits per heavy atom. The van der Waals surface area contributed by atoms with Crippen LogP contribution in [0.25, 0.3) is 10.9 Å². The molecule has 0 saturated carbocycles. The van der Waals surface area contributed by atoms with Crippen molar-refractivity contribution in [2.75, 3.05) is 13.7 Å². The lowest BCUT2D eigenvalue weighted by Gasteiger charge is -2.19. The smallest absolute Gasteiger partial charge is 0.240 e. The van der Waals surface area contributed by atoms with E-state index in [4.69, 9.17) is 4.74 Å². The molecular weight excluding hydrogens is 320 g/mol. The molecule has 0 aliphatic carbocycles. The van der Waals surface area contributed by atoms with Crippen molar-refractivity contribution in [2.24, 2.45) is 7.05 Å². The topological polar surface area (TPSA) is 78.2 Å². The van der Waals surface area contributed by atoms with E-state index >= 15 is 0 Å². The van der Waals surface area contributed by atoms with Crippen LogP contribution in [-0.2, 0) is 23.1 Å². The Labute approximate surface area is 144 Å². The van der Waals surface area contributed by atoms with Crippen LogP contribution >= 0.6 is 0 Å². The minimum absolute atomic E-state index is 0.0561. The van der Waals surface area contributed by atoms with Gasteiger partial charge in [-0.05, 0) is 18.2 Å². The second-order valence-electron chi connectivity index (χ2n) is 5.78. The van der Waals surface area contributed by atoms with E-state index in [-0.39, 0.29) is 23.9 Å². The molecule has 7 heteroatoms. The van der Waals surface area contributed by atoms with Crippen molar-refractivity contribution in [1.29, 1.82) is 0 Å². The SMILES string of the molecule is COCC(NC(=O)Cn1ccc(=O)c2ccccc21)c1ccnn1C. The summed E-state index contributed by atoms with van der Waals surface area (Å²) in [6.45, 7) is 0.453. The number of hydrogen-bond acceptors (Lipinski definition) is 4. The Morgan fingerprint density at radius 2 is 2.08 bits per heavy atom. The molecule has 25 heavy (non-hydrogen) atoms. The number of aryl methyl sites for hydroxylation is 1. The molecule has 1 amide bonds. The molecule has 0 fully saturated rings. The average molecular weight is 340 g/mol. The van der Waals surface area contributed by atoms with E-state index < -0.39 is 0 Å². The van der Waals surface area contributed by atoms with Gasteiger partial charge in [0.25, 0.3) is 0 Å². The van der Waals surface area contributed by atoms with E-state index in [0.29, 0.717) is 12.0 Å². The van der Waals surface area contributed by atoms with Gasteiger partial charge in [0.2, 0.25) is 5.91 Å². The third kappa shape index (κ3) is 3.61. The van der Waals surface area contributed by atoms with Crippen molar-refractivity contribution in [3.05, 3.63) is 64.7 Å². The molecule has 7 nitrogen and oxygen atoms in total. The summed E-state index contributed by atoms with van der Waals surface area (Å²) in [5.74, 6) is -0.169. The van der Waals surface area contributed by atoms with Gasteiger partial charge in [-0.1, -0.05) is 12.1 Å². The number of nitrogens with one attached hydrogen (secondary N) is 1. The molecule has 3 rings (SSSR count). The monoisotopic (exact) mass is 340 g/mol. The maximum atomic E-state index is 12.5. The average Bonchev–Trinajstić information content (AvgIpc) is 3.03. The standard InChI is InChI=1S/C18H20N4O3/c1-21-16(7-9-19-21)14(12-25-2)20-18(24)11-22-10-8-17(23)13-5-3-4-6-15(13)22/h3-10,14H,11-12H2,1-2H3,(H,20,24). The lowest BCUT2D eigenvalue weighted by Crippen LogP contribution is -2.35. The molecule has 1 unspecified atom stereocenters. The Bertz CT molecular complexity index is 945. The summed E-state index contributed by atoms with van der Waals surface area (Å²) < 4.78 is 8.69. The number of rotatable bonds is 6. The van der Waals surface area contributed by atoms with Crippen molar-refractivity contribution in [2.45, 2.75) is 12.6 Å². The Kier molecular flexibility index (Phi) is 4.95. The third-order valence-corrected chi connectivity index (χ3v) is 4.08. The predicted octanol–water partition coefficient (Wildman–Crippen LogP) is 1.24. The number of pyridine rings is 1. The first-order chi connectivity index (χ1) is 12.1. The molecule has 2 aromatic heterocycles. The quantitative estimate of drug-likeness (QED) is 0.732. The van der Waals surface area contributed by atoms with Gasteiger partial charge in [0.05, 0.1) is 23.9 Å². The largest absolute Gasteiger partial charge is 0.382 e. The van der Waals surface area contributed by atoms with Gasteiger partial charge in [-0.25, -0.2) is 0 Å². The van der Waals surface area contributed by atoms with Crippen LogP contribution < -0.4 is 10.7 Å². The fourth-order valence-electron chi connectivity index (χ4n) is 2.89. The van der Waals surface area contributed by atoms with Gasteiger partial charge in [0.1, 0.15) is 6.54 Å². The number of hydrogen-bond donors (Lipinski definition) is 1. The molecular formula is C18H20N4O3.